The van der Waals surface area contributed by atoms with Crippen molar-refractivity contribution in [3.8, 4) is 0 Å². The van der Waals surface area contributed by atoms with Gasteiger partial charge in [0.25, 0.3) is 0 Å². The van der Waals surface area contributed by atoms with Crippen LogP contribution in [-0.4, -0.2) is 50.1 Å². The van der Waals surface area contributed by atoms with Crippen LogP contribution in [0.1, 0.15) is 44.9 Å². The van der Waals surface area contributed by atoms with Crippen LogP contribution >= 0.6 is 0 Å². The highest BCUT2D eigenvalue weighted by molar-refractivity contribution is 5.81. The summed E-state index contributed by atoms with van der Waals surface area (Å²) in [6.07, 6.45) is 2.06. The monoisotopic (exact) mass is 328 g/mol. The maximum absolute atomic E-state index is 11.5. The van der Waals surface area contributed by atoms with Gasteiger partial charge in [-0.25, -0.2) is 0 Å². The Hall–Kier alpha value is -2.12. The molecule has 0 bridgehead atoms. The average Bonchev–Trinajstić information content (AvgIpc) is 2.53. The third-order valence-corrected chi connectivity index (χ3v) is 3.18. The van der Waals surface area contributed by atoms with Gasteiger partial charge < -0.3 is 20.1 Å². The zero-order valence-corrected chi connectivity index (χ0v) is 13.2. The number of hydrogen-bond donors (Lipinski definition) is 2. The van der Waals surface area contributed by atoms with Crippen molar-refractivity contribution in [2.45, 2.75) is 44.9 Å². The maximum atomic E-state index is 11.5. The van der Waals surface area contributed by atoms with Gasteiger partial charge in [-0.15, -0.1) is 0 Å². The Morgan fingerprint density at radius 1 is 0.609 bits per heavy atom. The lowest BCUT2D eigenvalue weighted by Gasteiger charge is -2.06. The lowest BCUT2D eigenvalue weighted by Crippen LogP contribution is -2.27. The second kappa shape index (κ2) is 11.4. The van der Waals surface area contributed by atoms with E-state index in [9.17, 15) is 19.2 Å². The number of esters is 2. The van der Waals surface area contributed by atoms with E-state index in [1.807, 2.05) is 0 Å². The molecule has 1 saturated heterocycles. The Bertz CT molecular complexity index is 386. The number of hydrogen-bond acceptors (Lipinski definition) is 6. The van der Waals surface area contributed by atoms with E-state index in [4.69, 9.17) is 9.47 Å². The molecule has 0 aromatic carbocycles. The van der Waals surface area contributed by atoms with Crippen molar-refractivity contribution in [3.63, 3.8) is 0 Å². The summed E-state index contributed by atoms with van der Waals surface area (Å²) in [7, 11) is 0. The van der Waals surface area contributed by atoms with Gasteiger partial charge in [-0.3, -0.25) is 19.2 Å². The Morgan fingerprint density at radius 3 is 1.48 bits per heavy atom. The van der Waals surface area contributed by atoms with Crippen molar-refractivity contribution in [2.24, 2.45) is 0 Å². The minimum absolute atomic E-state index is 0.0294. The van der Waals surface area contributed by atoms with Crippen molar-refractivity contribution >= 4 is 23.8 Å². The second-order valence-electron chi connectivity index (χ2n) is 5.20. The molecule has 8 nitrogen and oxygen atoms in total. The SMILES string of the molecule is O=C1CCC(=O)OCCCOC(=O)CCC(=O)NCCCCN1. The highest BCUT2D eigenvalue weighted by atomic mass is 16.5. The standard InChI is InChI=1S/C15H24N2O6/c18-12-4-6-14(20)22-10-3-11-23-15(21)7-5-13(19)17-9-2-1-8-16-12/h1-11H2,(H,16,18)(H,17,19). The zero-order chi connectivity index (χ0) is 16.9. The third kappa shape index (κ3) is 10.3. The molecule has 2 amide bonds. The number of nitrogens with one attached hydrogen (secondary N) is 2. The first-order valence-electron chi connectivity index (χ1n) is 7.92. The first kappa shape index (κ1) is 18.9. The average molecular weight is 328 g/mol. The van der Waals surface area contributed by atoms with Crippen LogP contribution in [0.3, 0.4) is 0 Å². The van der Waals surface area contributed by atoms with Gasteiger partial charge in [0.05, 0.1) is 26.1 Å². The molecule has 23 heavy (non-hydrogen) atoms. The molecule has 1 aliphatic heterocycles. The first-order chi connectivity index (χ1) is 11.1. The van der Waals surface area contributed by atoms with E-state index in [1.165, 1.54) is 0 Å². The lowest BCUT2D eigenvalue weighted by molar-refractivity contribution is -0.147. The van der Waals surface area contributed by atoms with Crippen molar-refractivity contribution < 1.29 is 28.7 Å². The quantitative estimate of drug-likeness (QED) is 0.608. The van der Waals surface area contributed by atoms with Gasteiger partial charge in [0, 0.05) is 32.4 Å². The number of cyclic esters (lactones) is 2. The Labute approximate surface area is 135 Å². The molecule has 0 saturated carbocycles. The first-order valence-corrected chi connectivity index (χ1v) is 7.92. The highest BCUT2D eigenvalue weighted by Crippen LogP contribution is 1.98. The summed E-state index contributed by atoms with van der Waals surface area (Å²) in [5.41, 5.74) is 0. The van der Waals surface area contributed by atoms with Gasteiger partial charge in [0.2, 0.25) is 11.8 Å². The molecule has 1 heterocycles. The molecule has 8 heteroatoms. The Morgan fingerprint density at radius 2 is 1.04 bits per heavy atom. The molecule has 1 fully saturated rings. The summed E-state index contributed by atoms with van der Waals surface area (Å²) >= 11 is 0. The van der Waals surface area contributed by atoms with Gasteiger partial charge in [-0.2, -0.15) is 0 Å². The van der Waals surface area contributed by atoms with E-state index in [-0.39, 0.29) is 50.7 Å². The Kier molecular flexibility index (Phi) is 9.42. The normalized spacial score (nSPS) is 20.9. The minimum Gasteiger partial charge on any atom is -0.466 e. The fourth-order valence-corrected chi connectivity index (χ4v) is 1.89. The zero-order valence-electron chi connectivity index (χ0n) is 13.2. The minimum atomic E-state index is -0.445. The molecule has 0 aromatic rings. The van der Waals surface area contributed by atoms with Crippen LogP contribution in [0.15, 0.2) is 0 Å². The molecule has 0 aliphatic carbocycles. The van der Waals surface area contributed by atoms with Crippen molar-refractivity contribution in [2.75, 3.05) is 26.3 Å². The van der Waals surface area contributed by atoms with Gasteiger partial charge >= 0.3 is 11.9 Å². The molecule has 0 aromatic heterocycles. The molecule has 0 unspecified atom stereocenters. The molecule has 0 radical (unpaired) electrons. The van der Waals surface area contributed by atoms with E-state index in [0.29, 0.717) is 19.5 Å². The summed E-state index contributed by atoms with van der Waals surface area (Å²) < 4.78 is 9.87. The molecule has 0 atom stereocenters. The van der Waals surface area contributed by atoms with Crippen LogP contribution in [0.2, 0.25) is 0 Å². The van der Waals surface area contributed by atoms with Crippen molar-refractivity contribution in [1.82, 2.24) is 10.6 Å². The fourth-order valence-electron chi connectivity index (χ4n) is 1.89. The van der Waals surface area contributed by atoms with E-state index >= 15 is 0 Å². The van der Waals surface area contributed by atoms with Crippen LogP contribution in [0.5, 0.6) is 0 Å². The van der Waals surface area contributed by atoms with Crippen LogP contribution in [0.4, 0.5) is 0 Å². The van der Waals surface area contributed by atoms with Crippen molar-refractivity contribution in [3.05, 3.63) is 0 Å². The van der Waals surface area contributed by atoms with Gasteiger partial charge in [-0.1, -0.05) is 0 Å². The van der Waals surface area contributed by atoms with E-state index in [1.54, 1.807) is 0 Å². The number of rotatable bonds is 0. The van der Waals surface area contributed by atoms with E-state index < -0.39 is 11.9 Å². The van der Waals surface area contributed by atoms with Gasteiger partial charge in [0.1, 0.15) is 0 Å². The molecule has 1 rings (SSSR count). The number of carbonyl (C=O) groups excluding carboxylic acids is 4. The summed E-state index contributed by atoms with van der Waals surface area (Å²) in [5, 5.41) is 5.42. The lowest BCUT2D eigenvalue weighted by atomic mass is 10.2. The van der Waals surface area contributed by atoms with Crippen molar-refractivity contribution in [1.29, 1.82) is 0 Å². The summed E-state index contributed by atoms with van der Waals surface area (Å²) in [6.45, 7) is 1.26. The molecule has 0 spiro atoms. The predicted octanol–water partition coefficient (Wildman–Crippen LogP) is 0.0495. The Balaban J connectivity index is 2.37. The van der Waals surface area contributed by atoms with E-state index in [2.05, 4.69) is 10.6 Å². The highest BCUT2D eigenvalue weighted by Gasteiger charge is 2.10. The fraction of sp³-hybridized carbons (Fsp3) is 0.733. The number of ether oxygens (including phenoxy) is 2. The van der Waals surface area contributed by atoms with Gasteiger partial charge in [0.15, 0.2) is 0 Å². The predicted molar refractivity (Wildman–Crippen MR) is 80.3 cm³/mol. The molecule has 130 valence electrons. The van der Waals surface area contributed by atoms with Crippen LogP contribution < -0.4 is 10.6 Å². The van der Waals surface area contributed by atoms with Gasteiger partial charge in [-0.05, 0) is 12.8 Å². The summed E-state index contributed by atoms with van der Waals surface area (Å²) in [6, 6.07) is 0. The van der Waals surface area contributed by atoms with Crippen LogP contribution in [-0.2, 0) is 28.7 Å². The third-order valence-electron chi connectivity index (χ3n) is 3.18. The molecular weight excluding hydrogens is 304 g/mol. The van der Waals surface area contributed by atoms with Crippen LogP contribution in [0, 0.1) is 0 Å². The second-order valence-corrected chi connectivity index (χ2v) is 5.20. The summed E-state index contributed by atoms with van der Waals surface area (Å²) in [5.74, 6) is -1.28. The van der Waals surface area contributed by atoms with Crippen LogP contribution in [0.25, 0.3) is 0 Å². The maximum Gasteiger partial charge on any atom is 0.306 e. The topological polar surface area (TPSA) is 111 Å². The largest absolute Gasteiger partial charge is 0.466 e. The van der Waals surface area contributed by atoms with E-state index in [0.717, 1.165) is 12.8 Å². The summed E-state index contributed by atoms with van der Waals surface area (Å²) in [4.78, 5) is 45.8. The number of amides is 2. The molecule has 2 N–H and O–H groups in total. The molecule has 1 aliphatic rings. The molecular formula is C15H24N2O6. The number of carbonyl (C=O) groups is 4. The smallest absolute Gasteiger partial charge is 0.306 e.